The highest BCUT2D eigenvalue weighted by Gasteiger charge is 2.43. The van der Waals surface area contributed by atoms with Crippen molar-refractivity contribution in [2.45, 2.75) is 24.5 Å². The maximum Gasteiger partial charge on any atom is 0.351 e. The lowest BCUT2D eigenvalue weighted by atomic mass is 10.1. The summed E-state index contributed by atoms with van der Waals surface area (Å²) in [5.74, 6) is 0.0802. The molecule has 23 heavy (non-hydrogen) atoms. The van der Waals surface area contributed by atoms with Gasteiger partial charge in [-0.15, -0.1) is 11.6 Å². The Morgan fingerprint density at radius 1 is 1.26 bits per heavy atom. The molecule has 0 unspecified atom stereocenters. The first kappa shape index (κ1) is 15.9. The highest BCUT2D eigenvalue weighted by molar-refractivity contribution is 6.18. The van der Waals surface area contributed by atoms with Crippen molar-refractivity contribution < 1.29 is 14.9 Å². The summed E-state index contributed by atoms with van der Waals surface area (Å²) in [5, 5.41) is 20.0. The van der Waals surface area contributed by atoms with Crippen LogP contribution in [0.4, 0.5) is 5.82 Å². The Kier molecular flexibility index (Phi) is 4.36. The minimum Gasteiger partial charge on any atom is -0.387 e. The molecular weight excluding hydrogens is 322 g/mol. The standard InChI is InChI=1S/C15H16ClN3O4/c16-6-10-11(20)12(21)14(23-10)19-7-9(13(17)18-15(19)22)8-4-2-1-3-5-8/h1-5,7,10-12,14,20-21H,6H2,(H2,17,18,22)/t10-,11-,12-,14-/m1/s1. The summed E-state index contributed by atoms with van der Waals surface area (Å²) in [4.78, 5) is 15.9. The number of aliphatic hydroxyl groups excluding tert-OH is 2. The molecule has 0 amide bonds. The fourth-order valence-electron chi connectivity index (χ4n) is 2.59. The number of anilines is 1. The van der Waals surface area contributed by atoms with Crippen molar-refractivity contribution in [2.75, 3.05) is 11.6 Å². The topological polar surface area (TPSA) is 111 Å². The SMILES string of the molecule is Nc1nc(=O)n([C@@H]2O[C@H](CCl)[C@@H](O)[C@H]2O)cc1-c1ccccc1. The lowest BCUT2D eigenvalue weighted by molar-refractivity contribution is -0.0341. The van der Waals surface area contributed by atoms with E-state index >= 15 is 0 Å². The lowest BCUT2D eigenvalue weighted by Gasteiger charge is -2.18. The fraction of sp³-hybridized carbons (Fsp3) is 0.333. The second-order valence-corrected chi connectivity index (χ2v) is 5.60. The molecule has 4 atom stereocenters. The summed E-state index contributed by atoms with van der Waals surface area (Å²) in [7, 11) is 0. The van der Waals surface area contributed by atoms with Gasteiger partial charge in [0.15, 0.2) is 6.23 Å². The number of nitrogen functional groups attached to an aromatic ring is 1. The molecular formula is C15H16ClN3O4. The molecule has 0 radical (unpaired) electrons. The molecule has 1 aromatic heterocycles. The van der Waals surface area contributed by atoms with Crippen molar-refractivity contribution in [1.29, 1.82) is 0 Å². The van der Waals surface area contributed by atoms with Crippen LogP contribution in [0.1, 0.15) is 6.23 Å². The van der Waals surface area contributed by atoms with Gasteiger partial charge < -0.3 is 20.7 Å². The van der Waals surface area contributed by atoms with Gasteiger partial charge in [-0.2, -0.15) is 4.98 Å². The molecule has 2 heterocycles. The molecule has 1 saturated heterocycles. The second kappa shape index (κ2) is 6.29. The Bertz CT molecular complexity index is 752. The Morgan fingerprint density at radius 3 is 2.57 bits per heavy atom. The number of aromatic nitrogens is 2. The zero-order chi connectivity index (χ0) is 16.6. The number of alkyl halides is 1. The van der Waals surface area contributed by atoms with E-state index in [1.807, 2.05) is 30.3 Å². The van der Waals surface area contributed by atoms with Crippen LogP contribution >= 0.6 is 11.6 Å². The van der Waals surface area contributed by atoms with Gasteiger partial charge >= 0.3 is 5.69 Å². The Balaban J connectivity index is 2.06. The van der Waals surface area contributed by atoms with Crippen molar-refractivity contribution in [3.05, 3.63) is 47.0 Å². The van der Waals surface area contributed by atoms with E-state index in [0.717, 1.165) is 10.1 Å². The van der Waals surface area contributed by atoms with E-state index in [2.05, 4.69) is 4.98 Å². The third kappa shape index (κ3) is 2.84. The molecule has 1 aliphatic rings. The van der Waals surface area contributed by atoms with Crippen LogP contribution in [-0.4, -0.2) is 44.0 Å². The second-order valence-electron chi connectivity index (χ2n) is 5.30. The maximum atomic E-state index is 12.1. The fourth-order valence-corrected chi connectivity index (χ4v) is 2.85. The van der Waals surface area contributed by atoms with Crippen molar-refractivity contribution in [3.63, 3.8) is 0 Å². The van der Waals surface area contributed by atoms with E-state index in [9.17, 15) is 15.0 Å². The van der Waals surface area contributed by atoms with Crippen LogP contribution in [0.25, 0.3) is 11.1 Å². The van der Waals surface area contributed by atoms with Gasteiger partial charge in [-0.1, -0.05) is 30.3 Å². The van der Waals surface area contributed by atoms with Crippen LogP contribution in [0.3, 0.4) is 0 Å². The minimum atomic E-state index is -1.29. The number of ether oxygens (including phenoxy) is 1. The van der Waals surface area contributed by atoms with E-state index in [4.69, 9.17) is 22.1 Å². The summed E-state index contributed by atoms with van der Waals surface area (Å²) in [5.41, 5.74) is 6.47. The molecule has 8 heteroatoms. The van der Waals surface area contributed by atoms with E-state index in [1.54, 1.807) is 0 Å². The predicted molar refractivity (Wildman–Crippen MR) is 85.0 cm³/mol. The Morgan fingerprint density at radius 2 is 1.96 bits per heavy atom. The van der Waals surface area contributed by atoms with Gasteiger partial charge in [0.25, 0.3) is 0 Å². The number of hydrogen-bond acceptors (Lipinski definition) is 6. The molecule has 7 nitrogen and oxygen atoms in total. The molecule has 0 aliphatic carbocycles. The van der Waals surface area contributed by atoms with E-state index in [0.29, 0.717) is 5.56 Å². The molecule has 4 N–H and O–H groups in total. The van der Waals surface area contributed by atoms with Gasteiger partial charge in [0, 0.05) is 11.8 Å². The van der Waals surface area contributed by atoms with Crippen molar-refractivity contribution >= 4 is 17.4 Å². The number of rotatable bonds is 3. The molecule has 0 saturated carbocycles. The smallest absolute Gasteiger partial charge is 0.351 e. The molecule has 0 bridgehead atoms. The zero-order valence-electron chi connectivity index (χ0n) is 12.0. The van der Waals surface area contributed by atoms with Crippen molar-refractivity contribution in [2.24, 2.45) is 0 Å². The van der Waals surface area contributed by atoms with Gasteiger partial charge in [0.2, 0.25) is 0 Å². The number of hydrogen-bond donors (Lipinski definition) is 3. The van der Waals surface area contributed by atoms with Gasteiger partial charge in [0.1, 0.15) is 24.1 Å². The molecule has 1 aliphatic heterocycles. The molecule has 122 valence electrons. The number of benzene rings is 1. The lowest BCUT2D eigenvalue weighted by Crippen LogP contribution is -2.36. The first-order chi connectivity index (χ1) is 11.0. The van der Waals surface area contributed by atoms with Crippen LogP contribution < -0.4 is 11.4 Å². The molecule has 2 aromatic rings. The molecule has 3 rings (SSSR count). The van der Waals surface area contributed by atoms with Gasteiger partial charge in [-0.3, -0.25) is 4.57 Å². The Hall–Kier alpha value is -1.93. The van der Waals surface area contributed by atoms with E-state index in [1.165, 1.54) is 6.20 Å². The maximum absolute atomic E-state index is 12.1. The van der Waals surface area contributed by atoms with Gasteiger partial charge in [-0.25, -0.2) is 4.79 Å². The number of halogens is 1. The molecule has 1 fully saturated rings. The van der Waals surface area contributed by atoms with E-state index < -0.39 is 30.2 Å². The predicted octanol–water partition coefficient (Wildman–Crippen LogP) is 0.351. The summed E-state index contributed by atoms with van der Waals surface area (Å²) in [6, 6.07) is 9.17. The normalized spacial score (nSPS) is 27.3. The average molecular weight is 338 g/mol. The number of nitrogens with two attached hydrogens (primary N) is 1. The number of nitrogens with zero attached hydrogens (tertiary/aromatic N) is 2. The number of aliphatic hydroxyl groups is 2. The van der Waals surface area contributed by atoms with Gasteiger partial charge in [0.05, 0.1) is 5.88 Å². The summed E-state index contributed by atoms with van der Waals surface area (Å²) in [6.07, 6.45) is -2.83. The first-order valence-corrected chi connectivity index (χ1v) is 7.58. The summed E-state index contributed by atoms with van der Waals surface area (Å²) < 4.78 is 6.61. The Labute approximate surface area is 136 Å². The van der Waals surface area contributed by atoms with Crippen LogP contribution in [0.15, 0.2) is 41.3 Å². The zero-order valence-corrected chi connectivity index (χ0v) is 12.8. The highest BCUT2D eigenvalue weighted by atomic mass is 35.5. The van der Waals surface area contributed by atoms with Crippen molar-refractivity contribution in [3.8, 4) is 11.1 Å². The summed E-state index contributed by atoms with van der Waals surface area (Å²) >= 11 is 5.69. The molecule has 1 aromatic carbocycles. The third-order valence-corrected chi connectivity index (χ3v) is 4.13. The third-order valence-electron chi connectivity index (χ3n) is 3.83. The van der Waals surface area contributed by atoms with Gasteiger partial charge in [-0.05, 0) is 5.56 Å². The molecule has 0 spiro atoms. The highest BCUT2D eigenvalue weighted by Crippen LogP contribution is 2.31. The van der Waals surface area contributed by atoms with E-state index in [-0.39, 0.29) is 11.7 Å². The minimum absolute atomic E-state index is 0.00256. The van der Waals surface area contributed by atoms with Crippen molar-refractivity contribution in [1.82, 2.24) is 9.55 Å². The van der Waals surface area contributed by atoms with Crippen LogP contribution in [0.5, 0.6) is 0 Å². The monoisotopic (exact) mass is 337 g/mol. The summed E-state index contributed by atoms with van der Waals surface area (Å²) in [6.45, 7) is 0. The average Bonchev–Trinajstić information content (AvgIpc) is 2.84. The van der Waals surface area contributed by atoms with Crippen LogP contribution in [0, 0.1) is 0 Å². The van der Waals surface area contributed by atoms with Crippen LogP contribution in [-0.2, 0) is 4.74 Å². The first-order valence-electron chi connectivity index (χ1n) is 7.04. The van der Waals surface area contributed by atoms with Crippen LogP contribution in [0.2, 0.25) is 0 Å². The quantitative estimate of drug-likeness (QED) is 0.697. The largest absolute Gasteiger partial charge is 0.387 e.